The summed E-state index contributed by atoms with van der Waals surface area (Å²) in [5, 5.41) is 0. The van der Waals surface area contributed by atoms with Crippen LogP contribution in [0.1, 0.15) is 25.3 Å². The van der Waals surface area contributed by atoms with E-state index in [0.29, 0.717) is 0 Å². The maximum absolute atomic E-state index is 14.0. The van der Waals surface area contributed by atoms with E-state index >= 15 is 0 Å². The Morgan fingerprint density at radius 3 is 2.68 bits per heavy atom. The van der Waals surface area contributed by atoms with Crippen molar-refractivity contribution < 1.29 is 23.0 Å². The predicted octanol–water partition coefficient (Wildman–Crippen LogP) is 2.67. The first-order chi connectivity index (χ1) is 10.3. The molecule has 0 amide bonds. The molecule has 1 unspecified atom stereocenters. The van der Waals surface area contributed by atoms with Crippen LogP contribution in [0.4, 0.5) is 8.78 Å². The minimum Gasteiger partial charge on any atom is -0.461 e. The average Bonchev–Trinajstić information content (AvgIpc) is 2.78. The molecule has 1 aromatic carbocycles. The molecule has 2 radical (unpaired) electrons. The van der Waals surface area contributed by atoms with Gasteiger partial charge >= 0.3 is 5.97 Å². The van der Waals surface area contributed by atoms with E-state index < -0.39 is 41.8 Å². The second-order valence-corrected chi connectivity index (χ2v) is 6.22. The molecule has 4 atom stereocenters. The quantitative estimate of drug-likeness (QED) is 0.634. The molecule has 0 spiro atoms. The molecule has 1 aromatic rings. The lowest BCUT2D eigenvalue weighted by Gasteiger charge is -2.33. The van der Waals surface area contributed by atoms with Crippen LogP contribution >= 0.6 is 0 Å². The Morgan fingerprint density at radius 2 is 2.09 bits per heavy atom. The zero-order chi connectivity index (χ0) is 16.0. The van der Waals surface area contributed by atoms with E-state index in [2.05, 4.69) is 0 Å². The Hall–Kier alpha value is -1.43. The van der Waals surface area contributed by atoms with Gasteiger partial charge in [0.2, 0.25) is 0 Å². The number of carbonyl (C=O) groups is 1. The van der Waals surface area contributed by atoms with E-state index in [-0.39, 0.29) is 13.0 Å². The van der Waals surface area contributed by atoms with Crippen LogP contribution in [0.2, 0.25) is 0 Å². The Kier molecular flexibility index (Phi) is 3.75. The van der Waals surface area contributed by atoms with Crippen molar-refractivity contribution in [1.82, 2.24) is 0 Å². The number of benzene rings is 1. The summed E-state index contributed by atoms with van der Waals surface area (Å²) < 4.78 is 38.6. The Bertz CT molecular complexity index is 566. The van der Waals surface area contributed by atoms with Gasteiger partial charge in [0, 0.05) is 18.3 Å². The van der Waals surface area contributed by atoms with Crippen LogP contribution in [-0.4, -0.2) is 31.3 Å². The van der Waals surface area contributed by atoms with Gasteiger partial charge in [0.15, 0.2) is 0 Å². The highest BCUT2D eigenvalue weighted by molar-refractivity contribution is 6.11. The maximum Gasteiger partial charge on any atom is 0.309 e. The van der Waals surface area contributed by atoms with Gasteiger partial charge in [-0.15, -0.1) is 0 Å². The fraction of sp³-hybridized carbons (Fsp3) is 0.562. The molecule has 3 nitrogen and oxygen atoms in total. The van der Waals surface area contributed by atoms with Crippen LogP contribution in [-0.2, 0) is 20.9 Å². The van der Waals surface area contributed by atoms with Gasteiger partial charge in [0.25, 0.3) is 5.92 Å². The molecule has 0 aromatic heterocycles. The highest BCUT2D eigenvalue weighted by Crippen LogP contribution is 2.60. The second-order valence-electron chi connectivity index (χ2n) is 6.22. The number of alkyl halides is 2. The van der Waals surface area contributed by atoms with E-state index in [4.69, 9.17) is 17.3 Å². The molecule has 116 valence electrons. The molecule has 1 heterocycles. The van der Waals surface area contributed by atoms with Crippen LogP contribution < -0.4 is 0 Å². The lowest BCUT2D eigenvalue weighted by atomic mass is 9.80. The van der Waals surface area contributed by atoms with Crippen molar-refractivity contribution in [3.05, 3.63) is 35.9 Å². The normalized spacial score (nSPS) is 35.5. The molecule has 22 heavy (non-hydrogen) atoms. The zero-order valence-corrected chi connectivity index (χ0v) is 12.3. The topological polar surface area (TPSA) is 35.5 Å². The van der Waals surface area contributed by atoms with Gasteiger partial charge in [-0.3, -0.25) is 4.79 Å². The van der Waals surface area contributed by atoms with Gasteiger partial charge in [-0.2, -0.15) is 0 Å². The van der Waals surface area contributed by atoms with E-state index in [1.54, 1.807) is 6.92 Å². The number of carbonyl (C=O) groups excluding carboxylic acids is 1. The molecule has 0 N–H and O–H groups in total. The summed E-state index contributed by atoms with van der Waals surface area (Å²) in [5.74, 6) is -4.94. The largest absolute Gasteiger partial charge is 0.461 e. The minimum absolute atomic E-state index is 0.121. The van der Waals surface area contributed by atoms with Gasteiger partial charge in [0.05, 0.1) is 12.0 Å². The van der Waals surface area contributed by atoms with Crippen molar-refractivity contribution in [2.45, 2.75) is 43.9 Å². The van der Waals surface area contributed by atoms with E-state index in [0.717, 1.165) is 5.56 Å². The average molecular weight is 306 g/mol. The smallest absolute Gasteiger partial charge is 0.309 e. The number of halogens is 2. The summed E-state index contributed by atoms with van der Waals surface area (Å²) in [4.78, 5) is 12.0. The zero-order valence-electron chi connectivity index (χ0n) is 12.3. The van der Waals surface area contributed by atoms with E-state index in [9.17, 15) is 13.6 Å². The first-order valence-corrected chi connectivity index (χ1v) is 7.35. The molecule has 1 aliphatic carbocycles. The monoisotopic (exact) mass is 306 g/mol. The lowest BCUT2D eigenvalue weighted by Crippen LogP contribution is -2.43. The third kappa shape index (κ3) is 2.53. The molecule has 2 fully saturated rings. The molecule has 1 aliphatic heterocycles. The number of fused-ring (bicyclic) bond motifs is 2. The minimum atomic E-state index is -2.89. The van der Waals surface area contributed by atoms with Gasteiger partial charge in [-0.1, -0.05) is 37.3 Å². The summed E-state index contributed by atoms with van der Waals surface area (Å²) in [6, 6.07) is 8.17. The van der Waals surface area contributed by atoms with Crippen molar-refractivity contribution >= 4 is 13.8 Å². The molecule has 6 heteroatoms. The Labute approximate surface area is 129 Å². The van der Waals surface area contributed by atoms with Crippen molar-refractivity contribution in [1.29, 1.82) is 0 Å². The van der Waals surface area contributed by atoms with Crippen LogP contribution in [0.25, 0.3) is 0 Å². The Morgan fingerprint density at radius 1 is 1.41 bits per heavy atom. The number of rotatable bonds is 4. The fourth-order valence-electron chi connectivity index (χ4n) is 3.69. The van der Waals surface area contributed by atoms with Crippen LogP contribution in [0.15, 0.2) is 30.3 Å². The molecule has 1 saturated heterocycles. The van der Waals surface area contributed by atoms with Crippen LogP contribution in [0, 0.1) is 11.8 Å². The van der Waals surface area contributed by atoms with Crippen molar-refractivity contribution in [2.75, 3.05) is 0 Å². The first kappa shape index (κ1) is 15.5. The Balaban J connectivity index is 1.64. The van der Waals surface area contributed by atoms with Crippen LogP contribution in [0.5, 0.6) is 0 Å². The van der Waals surface area contributed by atoms with E-state index in [1.165, 1.54) is 0 Å². The lowest BCUT2D eigenvalue weighted by molar-refractivity contribution is -0.167. The maximum atomic E-state index is 14.0. The van der Waals surface area contributed by atoms with Gasteiger partial charge in [-0.25, -0.2) is 8.78 Å². The summed E-state index contributed by atoms with van der Waals surface area (Å²) in [6.07, 6.45) is -0.666. The standard InChI is InChI=1S/C16H17BF2O3/c1-10-13-14(17)22-15(10,9-16(13,18)19)7-12(20)21-8-11-5-3-2-4-6-11/h2-6,10,13-14H,7-9H2,1H3/t10?,13-,14+,15-/m0/s1. The van der Waals surface area contributed by atoms with E-state index in [1.807, 2.05) is 30.3 Å². The fourth-order valence-corrected chi connectivity index (χ4v) is 3.69. The van der Waals surface area contributed by atoms with Gasteiger partial charge in [0.1, 0.15) is 14.5 Å². The summed E-state index contributed by atoms with van der Waals surface area (Å²) >= 11 is 0. The van der Waals surface area contributed by atoms with Crippen LogP contribution in [0.3, 0.4) is 0 Å². The van der Waals surface area contributed by atoms with Crippen molar-refractivity contribution in [3.63, 3.8) is 0 Å². The third-order valence-corrected chi connectivity index (χ3v) is 4.80. The molecule has 2 aliphatic rings. The molecular weight excluding hydrogens is 289 g/mol. The van der Waals surface area contributed by atoms with Gasteiger partial charge < -0.3 is 9.47 Å². The van der Waals surface area contributed by atoms with Crippen molar-refractivity contribution in [2.24, 2.45) is 11.8 Å². The molecule has 2 bridgehead atoms. The predicted molar refractivity (Wildman–Crippen MR) is 76.4 cm³/mol. The molecular formula is C16H17BF2O3. The number of ether oxygens (including phenoxy) is 2. The number of esters is 1. The molecule has 3 rings (SSSR count). The van der Waals surface area contributed by atoms with Gasteiger partial charge in [-0.05, 0) is 11.5 Å². The summed E-state index contributed by atoms with van der Waals surface area (Å²) in [7, 11) is 5.66. The summed E-state index contributed by atoms with van der Waals surface area (Å²) in [5.41, 5.74) is -0.360. The third-order valence-electron chi connectivity index (χ3n) is 4.80. The number of hydrogen-bond donors (Lipinski definition) is 0. The first-order valence-electron chi connectivity index (χ1n) is 7.35. The second kappa shape index (κ2) is 5.34. The highest BCUT2D eigenvalue weighted by atomic mass is 19.3. The number of hydrogen-bond acceptors (Lipinski definition) is 3. The van der Waals surface area contributed by atoms with Crippen molar-refractivity contribution in [3.8, 4) is 0 Å². The molecule has 1 saturated carbocycles. The SMILES string of the molecule is [B][C@@H]1O[C@@]2(CC(=O)OCc3ccccc3)CC(F)(F)[C@H]1C2C. The summed E-state index contributed by atoms with van der Waals surface area (Å²) in [6.45, 7) is 1.79. The highest BCUT2D eigenvalue weighted by Gasteiger charge is 2.69.